The molecule has 3 aromatic rings. The van der Waals surface area contributed by atoms with Gasteiger partial charge in [-0.15, -0.1) is 0 Å². The highest BCUT2D eigenvalue weighted by Gasteiger charge is 2.44. The topological polar surface area (TPSA) is 80.7 Å². The van der Waals surface area contributed by atoms with Gasteiger partial charge in [0, 0.05) is 0 Å². The standard InChI is InChI=1S/C34H38O5S/c1-22-17-29(39-21-25-13-15-40(37,38)16-14-25)19-28-4-2-3-26-12-9-24(18-31(26)33(22)28)6-5-23-7-10-27(11-8-23)30-20-32(30)34(35)36/h7-12,17-19,25,30,32H,2-6,13-16,20-21H2,1H3,(H,35,36)/t30-,32+/m1/s1. The van der Waals surface area contributed by atoms with E-state index in [1.165, 1.54) is 38.9 Å². The normalized spacial score (nSPS) is 21.6. The minimum Gasteiger partial charge on any atom is -0.493 e. The molecule has 5 nitrogen and oxygen atoms in total. The SMILES string of the molecule is Cc1cc(OCC2CCS(=O)(=O)CC2)cc2c1-c1cc(CCc3ccc([C@H]4C[C@@H]4C(=O)O)cc3)ccc1CCC2. The summed E-state index contributed by atoms with van der Waals surface area (Å²) in [5, 5.41) is 9.21. The van der Waals surface area contributed by atoms with Gasteiger partial charge in [-0.25, -0.2) is 8.42 Å². The molecule has 1 saturated heterocycles. The first kappa shape index (κ1) is 27.1. The molecule has 40 heavy (non-hydrogen) atoms. The summed E-state index contributed by atoms with van der Waals surface area (Å²) in [5.41, 5.74) is 10.4. The zero-order valence-corrected chi connectivity index (χ0v) is 24.0. The monoisotopic (exact) mass is 558 g/mol. The van der Waals surface area contributed by atoms with Gasteiger partial charge in [0.05, 0.1) is 24.0 Å². The van der Waals surface area contributed by atoms with Crippen LogP contribution in [0.3, 0.4) is 0 Å². The van der Waals surface area contributed by atoms with E-state index in [2.05, 4.69) is 61.5 Å². The molecule has 6 heteroatoms. The fraction of sp³-hybridized carbons (Fsp3) is 0.441. The summed E-state index contributed by atoms with van der Waals surface area (Å²) in [6.45, 7) is 2.76. The Kier molecular flexibility index (Phi) is 7.47. The number of aliphatic carboxylic acids is 1. The average Bonchev–Trinajstić information content (AvgIpc) is 3.75. The summed E-state index contributed by atoms with van der Waals surface area (Å²) in [4.78, 5) is 11.2. The summed E-state index contributed by atoms with van der Waals surface area (Å²) in [5.74, 6) is 1.04. The predicted molar refractivity (Wildman–Crippen MR) is 158 cm³/mol. The Hall–Kier alpha value is -3.12. The second-order valence-corrected chi connectivity index (χ2v) is 14.4. The minimum absolute atomic E-state index is 0.177. The number of ether oxygens (including phenoxy) is 1. The van der Waals surface area contributed by atoms with Crippen LogP contribution in [0.5, 0.6) is 5.75 Å². The van der Waals surface area contributed by atoms with Crippen LogP contribution in [-0.4, -0.2) is 37.6 Å². The largest absolute Gasteiger partial charge is 0.493 e. The van der Waals surface area contributed by atoms with Crippen LogP contribution in [0.25, 0.3) is 11.1 Å². The molecule has 0 amide bonds. The van der Waals surface area contributed by atoms with Gasteiger partial charge in [-0.2, -0.15) is 0 Å². The lowest BCUT2D eigenvalue weighted by Gasteiger charge is -2.23. The van der Waals surface area contributed by atoms with Crippen LogP contribution < -0.4 is 4.74 Å². The highest BCUT2D eigenvalue weighted by molar-refractivity contribution is 7.91. The highest BCUT2D eigenvalue weighted by Crippen LogP contribution is 2.47. The van der Waals surface area contributed by atoms with Crippen molar-refractivity contribution in [2.45, 2.75) is 64.2 Å². The number of hydrogen-bond acceptors (Lipinski definition) is 4. The molecule has 1 aliphatic heterocycles. The lowest BCUT2D eigenvalue weighted by atomic mass is 9.90. The van der Waals surface area contributed by atoms with E-state index in [4.69, 9.17) is 4.74 Å². The van der Waals surface area contributed by atoms with Crippen molar-refractivity contribution in [1.29, 1.82) is 0 Å². The lowest BCUT2D eigenvalue weighted by Crippen LogP contribution is -2.26. The van der Waals surface area contributed by atoms with Gasteiger partial charge in [0.2, 0.25) is 0 Å². The smallest absolute Gasteiger partial charge is 0.307 e. The lowest BCUT2D eigenvalue weighted by molar-refractivity contribution is -0.138. The molecule has 1 heterocycles. The van der Waals surface area contributed by atoms with Gasteiger partial charge in [0.1, 0.15) is 15.6 Å². The zero-order valence-electron chi connectivity index (χ0n) is 23.2. The average molecular weight is 559 g/mol. The fourth-order valence-corrected chi connectivity index (χ4v) is 8.15. The second-order valence-electron chi connectivity index (χ2n) is 12.1. The predicted octanol–water partition coefficient (Wildman–Crippen LogP) is 6.33. The van der Waals surface area contributed by atoms with Crippen LogP contribution in [0.15, 0.2) is 54.6 Å². The van der Waals surface area contributed by atoms with E-state index in [0.717, 1.165) is 49.8 Å². The molecule has 0 bridgehead atoms. The number of aryl methyl sites for hydroxylation is 5. The van der Waals surface area contributed by atoms with Crippen molar-refractivity contribution < 1.29 is 23.1 Å². The molecule has 6 rings (SSSR count). The third-order valence-corrected chi connectivity index (χ3v) is 10.8. The van der Waals surface area contributed by atoms with Gasteiger partial charge in [-0.1, -0.05) is 42.5 Å². The Morgan fingerprint density at radius 1 is 0.925 bits per heavy atom. The van der Waals surface area contributed by atoms with Crippen molar-refractivity contribution in [3.05, 3.63) is 88.0 Å². The second kappa shape index (κ2) is 11.0. The molecular weight excluding hydrogens is 520 g/mol. The number of rotatable bonds is 8. The summed E-state index contributed by atoms with van der Waals surface area (Å²) < 4.78 is 29.7. The van der Waals surface area contributed by atoms with E-state index in [-0.39, 0.29) is 23.3 Å². The molecule has 0 spiro atoms. The van der Waals surface area contributed by atoms with Crippen LogP contribution >= 0.6 is 0 Å². The van der Waals surface area contributed by atoms with Gasteiger partial charge < -0.3 is 9.84 Å². The van der Waals surface area contributed by atoms with E-state index >= 15 is 0 Å². The first-order valence-electron chi connectivity index (χ1n) is 14.7. The number of fused-ring (bicyclic) bond motifs is 3. The van der Waals surface area contributed by atoms with Crippen LogP contribution in [0.4, 0.5) is 0 Å². The van der Waals surface area contributed by atoms with E-state index in [1.807, 2.05) is 0 Å². The Labute approximate surface area is 237 Å². The van der Waals surface area contributed by atoms with Crippen molar-refractivity contribution in [2.24, 2.45) is 11.8 Å². The van der Waals surface area contributed by atoms with Crippen molar-refractivity contribution in [2.75, 3.05) is 18.1 Å². The molecular formula is C34H38O5S. The molecule has 0 aromatic heterocycles. The molecule has 2 atom stereocenters. The third-order valence-electron chi connectivity index (χ3n) is 9.10. The molecule has 2 aliphatic carbocycles. The molecule has 1 N–H and O–H groups in total. The fourth-order valence-electron chi connectivity index (χ4n) is 6.57. The van der Waals surface area contributed by atoms with Crippen LogP contribution in [0, 0.1) is 18.8 Å². The third kappa shape index (κ3) is 5.97. The van der Waals surface area contributed by atoms with Gasteiger partial charge in [0.15, 0.2) is 0 Å². The number of carboxylic acids is 1. The number of hydrogen-bond donors (Lipinski definition) is 1. The highest BCUT2D eigenvalue weighted by atomic mass is 32.2. The summed E-state index contributed by atoms with van der Waals surface area (Å²) >= 11 is 0. The van der Waals surface area contributed by atoms with Gasteiger partial charge >= 0.3 is 5.97 Å². The minimum atomic E-state index is -2.85. The van der Waals surface area contributed by atoms with E-state index in [1.54, 1.807) is 0 Å². The molecule has 210 valence electrons. The van der Waals surface area contributed by atoms with Crippen molar-refractivity contribution >= 4 is 15.8 Å². The van der Waals surface area contributed by atoms with Gasteiger partial charge in [-0.3, -0.25) is 4.79 Å². The summed E-state index contributed by atoms with van der Waals surface area (Å²) in [6.07, 6.45) is 7.25. The van der Waals surface area contributed by atoms with Crippen molar-refractivity contribution in [3.63, 3.8) is 0 Å². The number of sulfone groups is 1. The quantitative estimate of drug-likeness (QED) is 0.350. The Morgan fingerprint density at radius 3 is 2.35 bits per heavy atom. The Balaban J connectivity index is 1.14. The zero-order chi connectivity index (χ0) is 27.9. The van der Waals surface area contributed by atoms with E-state index in [9.17, 15) is 18.3 Å². The molecule has 1 saturated carbocycles. The van der Waals surface area contributed by atoms with Crippen molar-refractivity contribution in [1.82, 2.24) is 0 Å². The number of benzene rings is 3. The van der Waals surface area contributed by atoms with Gasteiger partial charge in [-0.05, 0) is 127 Å². The summed E-state index contributed by atoms with van der Waals surface area (Å²) in [6, 6.07) is 19.8. The van der Waals surface area contributed by atoms with Crippen LogP contribution in [0.2, 0.25) is 0 Å². The molecule has 3 aliphatic rings. The van der Waals surface area contributed by atoms with E-state index < -0.39 is 15.8 Å². The maximum absolute atomic E-state index is 11.8. The van der Waals surface area contributed by atoms with Crippen molar-refractivity contribution in [3.8, 4) is 16.9 Å². The molecule has 2 fully saturated rings. The van der Waals surface area contributed by atoms with Gasteiger partial charge in [0.25, 0.3) is 0 Å². The van der Waals surface area contributed by atoms with Crippen LogP contribution in [0.1, 0.15) is 65.0 Å². The number of carbonyl (C=O) groups is 1. The maximum atomic E-state index is 11.8. The first-order valence-corrected chi connectivity index (χ1v) is 16.5. The molecule has 0 unspecified atom stereocenters. The molecule has 0 radical (unpaired) electrons. The summed E-state index contributed by atoms with van der Waals surface area (Å²) in [7, 11) is -2.85. The maximum Gasteiger partial charge on any atom is 0.307 e. The van der Waals surface area contributed by atoms with Crippen LogP contribution in [-0.2, 0) is 40.3 Å². The first-order chi connectivity index (χ1) is 19.3. The Morgan fingerprint density at radius 2 is 1.62 bits per heavy atom. The van der Waals surface area contributed by atoms with E-state index in [0.29, 0.717) is 25.4 Å². The number of carboxylic acid groups (broad SMARTS) is 1. The Bertz CT molecular complexity index is 1510. The molecule has 3 aromatic carbocycles.